The van der Waals surface area contributed by atoms with Gasteiger partial charge >= 0.3 is 6.18 Å². The topological polar surface area (TPSA) is 54.4 Å². The SMILES string of the molecule is CS(=O)(=O)c1cc(O)cc(C(F)(F)F)c1. The van der Waals surface area contributed by atoms with Crippen LogP contribution < -0.4 is 0 Å². The van der Waals surface area contributed by atoms with Crippen LogP contribution in [0.1, 0.15) is 5.56 Å². The van der Waals surface area contributed by atoms with Crippen LogP contribution in [0.25, 0.3) is 0 Å². The summed E-state index contributed by atoms with van der Waals surface area (Å²) < 4.78 is 58.7. The van der Waals surface area contributed by atoms with Crippen molar-refractivity contribution in [1.29, 1.82) is 0 Å². The van der Waals surface area contributed by atoms with Gasteiger partial charge in [0, 0.05) is 6.26 Å². The van der Waals surface area contributed by atoms with Crippen LogP contribution in [0, 0.1) is 0 Å². The average Bonchev–Trinajstić information content (AvgIpc) is 1.99. The molecule has 0 bridgehead atoms. The van der Waals surface area contributed by atoms with Gasteiger partial charge in [-0.3, -0.25) is 0 Å². The number of benzene rings is 1. The van der Waals surface area contributed by atoms with Gasteiger partial charge in [-0.2, -0.15) is 13.2 Å². The molecule has 1 aromatic rings. The average molecular weight is 240 g/mol. The second-order valence-electron chi connectivity index (χ2n) is 2.99. The Morgan fingerprint density at radius 2 is 1.73 bits per heavy atom. The second kappa shape index (κ2) is 3.41. The third-order valence-corrected chi connectivity index (χ3v) is 2.74. The van der Waals surface area contributed by atoms with E-state index < -0.39 is 32.2 Å². The number of phenolic OH excluding ortho intramolecular Hbond substituents is 1. The third kappa shape index (κ3) is 2.85. The lowest BCUT2D eigenvalue weighted by Gasteiger charge is -2.08. The maximum atomic E-state index is 12.2. The van der Waals surface area contributed by atoms with Crippen LogP contribution in [-0.4, -0.2) is 19.8 Å². The van der Waals surface area contributed by atoms with Gasteiger partial charge in [0.05, 0.1) is 10.5 Å². The Balaban J connectivity index is 3.43. The molecule has 0 amide bonds. The highest BCUT2D eigenvalue weighted by Gasteiger charge is 2.32. The molecule has 0 radical (unpaired) electrons. The Labute approximate surface area is 84.1 Å². The molecule has 0 aromatic heterocycles. The fourth-order valence-corrected chi connectivity index (χ4v) is 1.64. The molecule has 3 nitrogen and oxygen atoms in total. The number of rotatable bonds is 1. The summed E-state index contributed by atoms with van der Waals surface area (Å²) in [7, 11) is -3.77. The molecule has 0 saturated heterocycles. The number of alkyl halides is 3. The van der Waals surface area contributed by atoms with Crippen molar-refractivity contribution in [2.24, 2.45) is 0 Å². The van der Waals surface area contributed by atoms with E-state index in [1.165, 1.54) is 0 Å². The Morgan fingerprint density at radius 1 is 1.20 bits per heavy atom. The third-order valence-electron chi connectivity index (χ3n) is 1.65. The lowest BCUT2D eigenvalue weighted by molar-refractivity contribution is -0.137. The van der Waals surface area contributed by atoms with Gasteiger partial charge < -0.3 is 5.11 Å². The first-order valence-electron chi connectivity index (χ1n) is 3.72. The van der Waals surface area contributed by atoms with E-state index in [1.807, 2.05) is 0 Å². The van der Waals surface area contributed by atoms with E-state index in [2.05, 4.69) is 0 Å². The minimum atomic E-state index is -4.68. The van der Waals surface area contributed by atoms with Crippen LogP contribution in [0.5, 0.6) is 5.75 Å². The van der Waals surface area contributed by atoms with Gasteiger partial charge in [0.25, 0.3) is 0 Å². The fraction of sp³-hybridized carbons (Fsp3) is 0.250. The van der Waals surface area contributed by atoms with Gasteiger partial charge in [-0.15, -0.1) is 0 Å². The molecule has 0 unspecified atom stereocenters. The molecular formula is C8H7F3O3S. The molecule has 0 fully saturated rings. The summed E-state index contributed by atoms with van der Waals surface area (Å²) in [6, 6.07) is 1.72. The first kappa shape index (κ1) is 11.8. The van der Waals surface area contributed by atoms with Crippen LogP contribution in [0.4, 0.5) is 13.2 Å². The molecule has 0 saturated carbocycles. The van der Waals surface area contributed by atoms with Crippen molar-refractivity contribution >= 4 is 9.84 Å². The van der Waals surface area contributed by atoms with Gasteiger partial charge in [0.15, 0.2) is 9.84 Å². The highest BCUT2D eigenvalue weighted by Crippen LogP contribution is 2.33. The van der Waals surface area contributed by atoms with E-state index in [0.717, 1.165) is 12.3 Å². The van der Waals surface area contributed by atoms with Crippen LogP contribution in [0.3, 0.4) is 0 Å². The number of hydrogen-bond donors (Lipinski definition) is 1. The van der Waals surface area contributed by atoms with Crippen LogP contribution in [0.15, 0.2) is 23.1 Å². The smallest absolute Gasteiger partial charge is 0.416 e. The summed E-state index contributed by atoms with van der Waals surface area (Å²) in [5.74, 6) is -0.731. The molecule has 1 aromatic carbocycles. The Morgan fingerprint density at radius 3 is 2.13 bits per heavy atom. The summed E-state index contributed by atoms with van der Waals surface area (Å²) in [4.78, 5) is -0.560. The number of halogens is 3. The molecule has 0 aliphatic carbocycles. The standard InChI is InChI=1S/C8H7F3O3S/c1-15(13,14)7-3-5(8(9,10)11)2-6(12)4-7/h2-4,12H,1H3. The van der Waals surface area contributed by atoms with Crippen molar-refractivity contribution in [2.45, 2.75) is 11.1 Å². The number of phenols is 1. The van der Waals surface area contributed by atoms with Gasteiger partial charge in [-0.1, -0.05) is 0 Å². The summed E-state index contributed by atoms with van der Waals surface area (Å²) in [5.41, 5.74) is -1.19. The van der Waals surface area contributed by atoms with Crippen molar-refractivity contribution in [3.8, 4) is 5.75 Å². The van der Waals surface area contributed by atoms with Gasteiger partial charge in [-0.05, 0) is 18.2 Å². The van der Waals surface area contributed by atoms with E-state index in [4.69, 9.17) is 5.11 Å². The maximum Gasteiger partial charge on any atom is 0.416 e. The molecular weight excluding hydrogens is 233 g/mol. The van der Waals surface area contributed by atoms with Crippen molar-refractivity contribution in [1.82, 2.24) is 0 Å². The fourth-order valence-electron chi connectivity index (χ4n) is 0.961. The van der Waals surface area contributed by atoms with Crippen molar-refractivity contribution in [2.75, 3.05) is 6.26 Å². The van der Waals surface area contributed by atoms with E-state index in [-0.39, 0.29) is 0 Å². The largest absolute Gasteiger partial charge is 0.508 e. The van der Waals surface area contributed by atoms with Crippen LogP contribution in [0.2, 0.25) is 0 Å². The molecule has 0 heterocycles. The normalized spacial score (nSPS) is 12.8. The monoisotopic (exact) mass is 240 g/mol. The number of hydrogen-bond acceptors (Lipinski definition) is 3. The van der Waals surface area contributed by atoms with Gasteiger partial charge in [-0.25, -0.2) is 8.42 Å². The van der Waals surface area contributed by atoms with Crippen LogP contribution in [-0.2, 0) is 16.0 Å². The lowest BCUT2D eigenvalue weighted by atomic mass is 10.2. The Bertz CT molecular complexity index is 476. The minimum Gasteiger partial charge on any atom is -0.508 e. The van der Waals surface area contributed by atoms with Crippen molar-refractivity contribution < 1.29 is 26.7 Å². The Kier molecular flexibility index (Phi) is 2.69. The Hall–Kier alpha value is -1.24. The van der Waals surface area contributed by atoms with E-state index in [1.54, 1.807) is 0 Å². The predicted octanol–water partition coefficient (Wildman–Crippen LogP) is 1.81. The van der Waals surface area contributed by atoms with Gasteiger partial charge in [0.1, 0.15) is 5.75 Å². The highest BCUT2D eigenvalue weighted by molar-refractivity contribution is 7.90. The van der Waals surface area contributed by atoms with E-state index in [9.17, 15) is 21.6 Å². The number of sulfone groups is 1. The summed E-state index contributed by atoms with van der Waals surface area (Å²) in [6.07, 6.45) is -3.92. The molecule has 1 rings (SSSR count). The first-order chi connectivity index (χ1) is 6.60. The van der Waals surface area contributed by atoms with Crippen molar-refractivity contribution in [3.05, 3.63) is 23.8 Å². The summed E-state index contributed by atoms with van der Waals surface area (Å²) in [5, 5.41) is 8.96. The summed E-state index contributed by atoms with van der Waals surface area (Å²) >= 11 is 0. The minimum absolute atomic E-state index is 0.467. The van der Waals surface area contributed by atoms with Crippen molar-refractivity contribution in [3.63, 3.8) is 0 Å². The zero-order valence-electron chi connectivity index (χ0n) is 7.54. The quantitative estimate of drug-likeness (QED) is 0.814. The molecule has 1 N–H and O–H groups in total. The lowest BCUT2D eigenvalue weighted by Crippen LogP contribution is -2.07. The molecule has 0 spiro atoms. The number of aromatic hydroxyl groups is 1. The van der Waals surface area contributed by atoms with E-state index >= 15 is 0 Å². The second-order valence-corrected chi connectivity index (χ2v) is 5.00. The predicted molar refractivity (Wildman–Crippen MR) is 46.2 cm³/mol. The zero-order chi connectivity index (χ0) is 11.9. The molecule has 0 aliphatic rings. The van der Waals surface area contributed by atoms with Gasteiger partial charge in [0.2, 0.25) is 0 Å². The molecule has 84 valence electrons. The molecule has 0 aliphatic heterocycles. The molecule has 15 heavy (non-hydrogen) atoms. The summed E-state index contributed by atoms with van der Waals surface area (Å²) in [6.45, 7) is 0. The van der Waals surface area contributed by atoms with Crippen LogP contribution >= 0.6 is 0 Å². The molecule has 0 atom stereocenters. The molecule has 7 heteroatoms. The first-order valence-corrected chi connectivity index (χ1v) is 5.61. The zero-order valence-corrected chi connectivity index (χ0v) is 8.35. The van der Waals surface area contributed by atoms with E-state index in [0.29, 0.717) is 12.1 Å². The maximum absolute atomic E-state index is 12.2. The highest BCUT2D eigenvalue weighted by atomic mass is 32.2.